The van der Waals surface area contributed by atoms with Gasteiger partial charge in [0.1, 0.15) is 16.3 Å². The summed E-state index contributed by atoms with van der Waals surface area (Å²) in [5.74, 6) is 1.03. The number of aryl methyl sites for hydroxylation is 3. The lowest BCUT2D eigenvalue weighted by atomic mass is 9.98. The summed E-state index contributed by atoms with van der Waals surface area (Å²) in [6.45, 7) is 8.05. The first-order chi connectivity index (χ1) is 17.0. The smallest absolute Gasteiger partial charge is 0.150 e. The minimum absolute atomic E-state index is 0.284. The SMILES string of the molecule is CCC(C)NC(=S)c1c(-c2ccc(Cl)cc2)c2c3n(c(CNc4ccc(C)cc4)nn13)CCCC2. The van der Waals surface area contributed by atoms with Gasteiger partial charge in [0.05, 0.1) is 6.54 Å². The van der Waals surface area contributed by atoms with Crippen LogP contribution in [0.3, 0.4) is 0 Å². The van der Waals surface area contributed by atoms with Gasteiger partial charge in [-0.2, -0.15) is 5.10 Å². The molecule has 182 valence electrons. The molecule has 3 heterocycles. The van der Waals surface area contributed by atoms with Crippen LogP contribution < -0.4 is 10.6 Å². The lowest BCUT2D eigenvalue weighted by Crippen LogP contribution is -2.32. The average Bonchev–Trinajstić information content (AvgIpc) is 3.25. The Morgan fingerprint density at radius 3 is 2.57 bits per heavy atom. The van der Waals surface area contributed by atoms with Gasteiger partial charge in [-0.15, -0.1) is 0 Å². The van der Waals surface area contributed by atoms with E-state index in [2.05, 4.69) is 76.9 Å². The Balaban J connectivity index is 1.64. The van der Waals surface area contributed by atoms with Crippen LogP contribution in [0.5, 0.6) is 0 Å². The minimum atomic E-state index is 0.284. The molecule has 1 aliphatic rings. The lowest BCUT2D eigenvalue weighted by Gasteiger charge is -2.15. The van der Waals surface area contributed by atoms with E-state index in [1.165, 1.54) is 16.7 Å². The maximum Gasteiger partial charge on any atom is 0.150 e. The van der Waals surface area contributed by atoms with Gasteiger partial charge in [-0.3, -0.25) is 0 Å². The van der Waals surface area contributed by atoms with Crippen molar-refractivity contribution < 1.29 is 0 Å². The van der Waals surface area contributed by atoms with Crippen molar-refractivity contribution in [2.45, 2.75) is 65.6 Å². The molecule has 2 aromatic heterocycles. The number of rotatable bonds is 7. The van der Waals surface area contributed by atoms with Gasteiger partial charge in [-0.1, -0.05) is 60.6 Å². The fourth-order valence-corrected chi connectivity index (χ4v) is 5.33. The summed E-state index contributed by atoms with van der Waals surface area (Å²) < 4.78 is 4.48. The van der Waals surface area contributed by atoms with Crippen molar-refractivity contribution in [2.75, 3.05) is 5.32 Å². The third-order valence-corrected chi connectivity index (χ3v) is 7.47. The van der Waals surface area contributed by atoms with Crippen molar-refractivity contribution >= 4 is 40.1 Å². The highest BCUT2D eigenvalue weighted by atomic mass is 35.5. The molecule has 0 radical (unpaired) electrons. The van der Waals surface area contributed by atoms with Crippen molar-refractivity contribution in [3.63, 3.8) is 0 Å². The Hall–Kier alpha value is -2.83. The molecular weight excluding hydrogens is 474 g/mol. The standard InChI is InChI=1S/C28H32ClN5S/c1-4-19(3)31-27(35)26-25(20-10-12-21(29)13-11-20)23-7-5-6-16-33-24(32-34(26)28(23)33)17-30-22-14-8-18(2)9-15-22/h8-15,19,30H,4-7,16-17H2,1-3H3,(H,31,35). The molecule has 1 unspecified atom stereocenters. The van der Waals surface area contributed by atoms with Crippen LogP contribution in [-0.2, 0) is 19.5 Å². The molecule has 0 fully saturated rings. The highest BCUT2D eigenvalue weighted by Crippen LogP contribution is 2.37. The number of nitrogens with one attached hydrogen (secondary N) is 2. The summed E-state index contributed by atoms with van der Waals surface area (Å²) in [7, 11) is 0. The molecule has 0 aliphatic carbocycles. The minimum Gasteiger partial charge on any atom is -0.378 e. The predicted molar refractivity (Wildman–Crippen MR) is 150 cm³/mol. The highest BCUT2D eigenvalue weighted by Gasteiger charge is 2.29. The molecule has 35 heavy (non-hydrogen) atoms. The maximum absolute atomic E-state index is 6.23. The molecule has 0 spiro atoms. The summed E-state index contributed by atoms with van der Waals surface area (Å²) in [6.07, 6.45) is 4.27. The van der Waals surface area contributed by atoms with Crippen molar-refractivity contribution in [2.24, 2.45) is 0 Å². The Morgan fingerprint density at radius 1 is 1.11 bits per heavy atom. The summed E-state index contributed by atoms with van der Waals surface area (Å²) in [6, 6.07) is 16.9. The van der Waals surface area contributed by atoms with E-state index >= 15 is 0 Å². The third kappa shape index (κ3) is 4.69. The summed E-state index contributed by atoms with van der Waals surface area (Å²) >= 11 is 12.2. The number of anilines is 1. The van der Waals surface area contributed by atoms with E-state index in [9.17, 15) is 0 Å². The molecule has 1 atom stereocenters. The maximum atomic E-state index is 6.23. The first kappa shape index (κ1) is 23.9. The van der Waals surface area contributed by atoms with Crippen LogP contribution in [0.2, 0.25) is 5.02 Å². The van der Waals surface area contributed by atoms with E-state index in [0.717, 1.165) is 70.7 Å². The number of nitrogens with zero attached hydrogens (tertiary/aromatic N) is 3. The molecule has 5 nitrogen and oxygen atoms in total. The first-order valence-corrected chi connectivity index (χ1v) is 13.2. The van der Waals surface area contributed by atoms with Gasteiger partial charge in [0.25, 0.3) is 0 Å². The molecular formula is C28H32ClN5S. The second-order valence-corrected chi connectivity index (χ2v) is 10.3. The lowest BCUT2D eigenvalue weighted by molar-refractivity contribution is 0.619. The molecule has 1 aliphatic heterocycles. The van der Waals surface area contributed by atoms with E-state index in [4.69, 9.17) is 28.9 Å². The van der Waals surface area contributed by atoms with Gasteiger partial charge >= 0.3 is 0 Å². The summed E-state index contributed by atoms with van der Waals surface area (Å²) in [5.41, 5.74) is 8.12. The molecule has 5 rings (SSSR count). The van der Waals surface area contributed by atoms with Gasteiger partial charge < -0.3 is 15.2 Å². The first-order valence-electron chi connectivity index (χ1n) is 12.5. The van der Waals surface area contributed by atoms with Crippen molar-refractivity contribution in [3.8, 4) is 11.1 Å². The van der Waals surface area contributed by atoms with Gasteiger partial charge in [-0.05, 0) is 69.4 Å². The van der Waals surface area contributed by atoms with Crippen molar-refractivity contribution in [1.82, 2.24) is 19.5 Å². The average molecular weight is 506 g/mol. The molecule has 2 N–H and O–H groups in total. The van der Waals surface area contributed by atoms with Crippen LogP contribution in [-0.4, -0.2) is 25.2 Å². The number of halogens is 1. The number of aromatic nitrogens is 3. The van der Waals surface area contributed by atoms with E-state index in [1.54, 1.807) is 0 Å². The zero-order valence-electron chi connectivity index (χ0n) is 20.6. The zero-order chi connectivity index (χ0) is 24.5. The Labute approximate surface area is 217 Å². The number of hydrogen-bond acceptors (Lipinski definition) is 3. The van der Waals surface area contributed by atoms with E-state index in [0.29, 0.717) is 6.54 Å². The second kappa shape index (κ2) is 10.0. The Morgan fingerprint density at radius 2 is 1.86 bits per heavy atom. The number of benzene rings is 2. The van der Waals surface area contributed by atoms with Gasteiger partial charge in [0.15, 0.2) is 5.82 Å². The van der Waals surface area contributed by atoms with E-state index in [1.807, 2.05) is 12.1 Å². The van der Waals surface area contributed by atoms with Gasteiger partial charge in [0.2, 0.25) is 0 Å². The Kier molecular flexibility index (Phi) is 6.85. The largest absolute Gasteiger partial charge is 0.378 e. The molecule has 7 heteroatoms. The summed E-state index contributed by atoms with van der Waals surface area (Å²) in [4.78, 5) is 0.744. The number of hydrogen-bond donors (Lipinski definition) is 2. The van der Waals surface area contributed by atoms with Crippen LogP contribution in [0, 0.1) is 6.92 Å². The van der Waals surface area contributed by atoms with Crippen LogP contribution in [0.25, 0.3) is 16.8 Å². The molecule has 0 saturated heterocycles. The Bertz CT molecular complexity index is 1350. The summed E-state index contributed by atoms with van der Waals surface area (Å²) in [5, 5.41) is 13.0. The molecule has 0 saturated carbocycles. The topological polar surface area (TPSA) is 46.3 Å². The van der Waals surface area contributed by atoms with Crippen LogP contribution in [0.4, 0.5) is 5.69 Å². The van der Waals surface area contributed by atoms with E-state index < -0.39 is 0 Å². The van der Waals surface area contributed by atoms with Crippen molar-refractivity contribution in [3.05, 3.63) is 76.2 Å². The third-order valence-electron chi connectivity index (χ3n) is 6.90. The van der Waals surface area contributed by atoms with Gasteiger partial charge in [0, 0.05) is 34.4 Å². The molecule has 0 bridgehead atoms. The zero-order valence-corrected chi connectivity index (χ0v) is 22.1. The highest BCUT2D eigenvalue weighted by molar-refractivity contribution is 7.80. The number of thiocarbonyl (C=S) groups is 1. The normalized spacial score (nSPS) is 14.1. The fourth-order valence-electron chi connectivity index (χ4n) is 4.82. The molecule has 0 amide bonds. The molecule has 4 aromatic rings. The molecule has 2 aromatic carbocycles. The van der Waals surface area contributed by atoms with Crippen LogP contribution >= 0.6 is 23.8 Å². The monoisotopic (exact) mass is 505 g/mol. The van der Waals surface area contributed by atoms with Crippen molar-refractivity contribution in [1.29, 1.82) is 0 Å². The van der Waals surface area contributed by atoms with Crippen LogP contribution in [0.1, 0.15) is 55.8 Å². The quantitative estimate of drug-likeness (QED) is 0.272. The predicted octanol–water partition coefficient (Wildman–Crippen LogP) is 6.78. The second-order valence-electron chi connectivity index (χ2n) is 9.47. The van der Waals surface area contributed by atoms with Gasteiger partial charge in [-0.25, -0.2) is 4.52 Å². The van der Waals surface area contributed by atoms with Crippen LogP contribution in [0.15, 0.2) is 48.5 Å². The van der Waals surface area contributed by atoms with E-state index in [-0.39, 0.29) is 6.04 Å². The fraction of sp³-hybridized carbons (Fsp3) is 0.357.